The van der Waals surface area contributed by atoms with Crippen LogP contribution in [0.3, 0.4) is 0 Å². The van der Waals surface area contributed by atoms with Crippen LogP contribution in [0.1, 0.15) is 6.92 Å². The van der Waals surface area contributed by atoms with Crippen molar-refractivity contribution in [2.45, 2.75) is 6.92 Å². The van der Waals surface area contributed by atoms with Crippen LogP contribution in [-0.2, 0) is 4.74 Å². The molecular weight excluding hydrogens is 116 g/mol. The van der Waals surface area contributed by atoms with E-state index in [1.165, 1.54) is 0 Å². The summed E-state index contributed by atoms with van der Waals surface area (Å²) in [4.78, 5) is 0. The maximum absolute atomic E-state index is 8.20. The highest BCUT2D eigenvalue weighted by molar-refractivity contribution is 4.98. The van der Waals surface area contributed by atoms with Crippen molar-refractivity contribution in [2.24, 2.45) is 5.92 Å². The maximum Gasteiger partial charge on any atom is 0.156 e. The van der Waals surface area contributed by atoms with Crippen molar-refractivity contribution in [1.29, 1.82) is 10.5 Å². The third kappa shape index (κ3) is 3.52. The molecule has 0 aliphatic carbocycles. The molecule has 0 unspecified atom stereocenters. The van der Waals surface area contributed by atoms with Gasteiger partial charge in [-0.1, -0.05) is 0 Å². The summed E-state index contributed by atoms with van der Waals surface area (Å²) >= 11 is 0. The lowest BCUT2D eigenvalue weighted by Gasteiger charge is -1.97. The van der Waals surface area contributed by atoms with E-state index >= 15 is 0 Å². The van der Waals surface area contributed by atoms with Crippen LogP contribution in [0.5, 0.6) is 0 Å². The molecule has 0 atom stereocenters. The number of nitriles is 2. The van der Waals surface area contributed by atoms with Gasteiger partial charge in [-0.15, -0.1) is 0 Å². The first kappa shape index (κ1) is 7.94. The van der Waals surface area contributed by atoms with Gasteiger partial charge in [0.15, 0.2) is 5.92 Å². The molecule has 48 valence electrons. The molecule has 0 radical (unpaired) electrons. The molecule has 0 heterocycles. The Bertz CT molecular complexity index is 128. The average Bonchev–Trinajstić information content (AvgIpc) is 1.91. The molecule has 0 spiro atoms. The van der Waals surface area contributed by atoms with E-state index in [2.05, 4.69) is 0 Å². The second kappa shape index (κ2) is 5.08. The van der Waals surface area contributed by atoms with Gasteiger partial charge in [0.05, 0.1) is 18.7 Å². The fourth-order valence-corrected chi connectivity index (χ4v) is 0.339. The first-order chi connectivity index (χ1) is 4.35. The Morgan fingerprint density at radius 2 is 2.00 bits per heavy atom. The molecule has 0 aliphatic rings. The van der Waals surface area contributed by atoms with Crippen LogP contribution in [-0.4, -0.2) is 13.2 Å². The van der Waals surface area contributed by atoms with Gasteiger partial charge in [0, 0.05) is 6.61 Å². The highest BCUT2D eigenvalue weighted by Crippen LogP contribution is 1.91. The monoisotopic (exact) mass is 124 g/mol. The first-order valence-corrected chi connectivity index (χ1v) is 2.72. The summed E-state index contributed by atoms with van der Waals surface area (Å²) in [6, 6.07) is 3.60. The van der Waals surface area contributed by atoms with E-state index in [1.54, 1.807) is 12.1 Å². The fourth-order valence-electron chi connectivity index (χ4n) is 0.339. The van der Waals surface area contributed by atoms with Gasteiger partial charge < -0.3 is 4.74 Å². The van der Waals surface area contributed by atoms with E-state index in [9.17, 15) is 0 Å². The average molecular weight is 124 g/mol. The van der Waals surface area contributed by atoms with Crippen LogP contribution in [0.15, 0.2) is 0 Å². The molecule has 0 aromatic carbocycles. The summed E-state index contributed by atoms with van der Waals surface area (Å²) in [5.41, 5.74) is 0. The first-order valence-electron chi connectivity index (χ1n) is 2.72. The van der Waals surface area contributed by atoms with Crippen LogP contribution >= 0.6 is 0 Å². The van der Waals surface area contributed by atoms with Crippen molar-refractivity contribution in [1.82, 2.24) is 0 Å². The van der Waals surface area contributed by atoms with Crippen LogP contribution < -0.4 is 0 Å². The van der Waals surface area contributed by atoms with Gasteiger partial charge in [-0.3, -0.25) is 0 Å². The summed E-state index contributed by atoms with van der Waals surface area (Å²) in [5, 5.41) is 16.4. The van der Waals surface area contributed by atoms with Gasteiger partial charge in [0.25, 0.3) is 0 Å². The number of nitrogens with zero attached hydrogens (tertiary/aromatic N) is 2. The standard InChI is InChI=1S/C6H8N2O/c1-2-9-5-6(3-7)4-8/h6H,2,5H2,1H3. The zero-order valence-corrected chi connectivity index (χ0v) is 5.29. The van der Waals surface area contributed by atoms with Crippen molar-refractivity contribution in [3.63, 3.8) is 0 Å². The minimum Gasteiger partial charge on any atom is -0.379 e. The van der Waals surface area contributed by atoms with Crippen LogP contribution in [0.2, 0.25) is 0 Å². The summed E-state index contributed by atoms with van der Waals surface area (Å²) < 4.78 is 4.83. The minimum atomic E-state index is -0.607. The SMILES string of the molecule is CCOCC(C#N)C#N. The second-order valence-corrected chi connectivity index (χ2v) is 1.47. The van der Waals surface area contributed by atoms with E-state index in [-0.39, 0.29) is 6.61 Å². The zero-order valence-electron chi connectivity index (χ0n) is 5.29. The Kier molecular flexibility index (Phi) is 4.49. The Hall–Kier alpha value is -1.06. The molecule has 9 heavy (non-hydrogen) atoms. The lowest BCUT2D eigenvalue weighted by atomic mass is 10.2. The smallest absolute Gasteiger partial charge is 0.156 e. The molecule has 0 aromatic rings. The van der Waals surface area contributed by atoms with E-state index < -0.39 is 5.92 Å². The van der Waals surface area contributed by atoms with Crippen molar-refractivity contribution >= 4 is 0 Å². The van der Waals surface area contributed by atoms with Crippen LogP contribution in [0.25, 0.3) is 0 Å². The Labute approximate surface area is 54.5 Å². The number of ether oxygens (including phenoxy) is 1. The topological polar surface area (TPSA) is 56.8 Å². The molecule has 0 aromatic heterocycles. The molecule has 3 nitrogen and oxygen atoms in total. The summed E-state index contributed by atoms with van der Waals surface area (Å²) in [6.45, 7) is 2.61. The molecule has 0 amide bonds. The molecule has 0 saturated heterocycles. The van der Waals surface area contributed by atoms with E-state index in [1.807, 2.05) is 6.92 Å². The normalized spacial score (nSPS) is 8.44. The van der Waals surface area contributed by atoms with Gasteiger partial charge >= 0.3 is 0 Å². The second-order valence-electron chi connectivity index (χ2n) is 1.47. The predicted octanol–water partition coefficient (Wildman–Crippen LogP) is 0.686. The lowest BCUT2D eigenvalue weighted by Crippen LogP contribution is -2.04. The molecule has 3 heteroatoms. The fraction of sp³-hybridized carbons (Fsp3) is 0.667. The van der Waals surface area contributed by atoms with E-state index in [4.69, 9.17) is 15.3 Å². The zero-order chi connectivity index (χ0) is 7.11. The largest absolute Gasteiger partial charge is 0.379 e. The Balaban J connectivity index is 3.38. The lowest BCUT2D eigenvalue weighted by molar-refractivity contribution is 0.139. The number of hydrogen-bond donors (Lipinski definition) is 0. The molecule has 0 N–H and O–H groups in total. The minimum absolute atomic E-state index is 0.226. The van der Waals surface area contributed by atoms with Gasteiger partial charge in [0.1, 0.15) is 0 Å². The quantitative estimate of drug-likeness (QED) is 0.556. The third-order valence-corrected chi connectivity index (χ3v) is 0.800. The molecule has 0 fully saturated rings. The van der Waals surface area contributed by atoms with Gasteiger partial charge in [0.2, 0.25) is 0 Å². The molecular formula is C6H8N2O. The van der Waals surface area contributed by atoms with Crippen molar-refractivity contribution in [3.8, 4) is 12.1 Å². The number of rotatable bonds is 3. The molecule has 0 bridgehead atoms. The van der Waals surface area contributed by atoms with Crippen molar-refractivity contribution in [2.75, 3.05) is 13.2 Å². The highest BCUT2D eigenvalue weighted by Gasteiger charge is 2.02. The Morgan fingerprint density at radius 3 is 2.33 bits per heavy atom. The van der Waals surface area contributed by atoms with Crippen molar-refractivity contribution in [3.05, 3.63) is 0 Å². The summed E-state index contributed by atoms with van der Waals surface area (Å²) in [5.74, 6) is -0.607. The van der Waals surface area contributed by atoms with Crippen LogP contribution in [0, 0.1) is 28.6 Å². The molecule has 0 rings (SSSR count). The highest BCUT2D eigenvalue weighted by atomic mass is 16.5. The maximum atomic E-state index is 8.20. The van der Waals surface area contributed by atoms with E-state index in [0.717, 1.165) is 0 Å². The van der Waals surface area contributed by atoms with Crippen LogP contribution in [0.4, 0.5) is 0 Å². The number of hydrogen-bond acceptors (Lipinski definition) is 3. The summed E-state index contributed by atoms with van der Waals surface area (Å²) in [7, 11) is 0. The predicted molar refractivity (Wildman–Crippen MR) is 31.2 cm³/mol. The third-order valence-electron chi connectivity index (χ3n) is 0.800. The summed E-state index contributed by atoms with van der Waals surface area (Å²) in [6.07, 6.45) is 0. The Morgan fingerprint density at radius 1 is 1.44 bits per heavy atom. The van der Waals surface area contributed by atoms with Gasteiger partial charge in [-0.2, -0.15) is 10.5 Å². The van der Waals surface area contributed by atoms with Crippen molar-refractivity contribution < 1.29 is 4.74 Å². The van der Waals surface area contributed by atoms with E-state index in [0.29, 0.717) is 6.61 Å². The van der Waals surface area contributed by atoms with Gasteiger partial charge in [-0.05, 0) is 6.92 Å². The molecule has 0 aliphatic heterocycles. The molecule has 0 saturated carbocycles. The van der Waals surface area contributed by atoms with Gasteiger partial charge in [-0.25, -0.2) is 0 Å².